The Kier molecular flexibility index (Phi) is 12.2. The van der Waals surface area contributed by atoms with Crippen LogP contribution < -0.4 is 0 Å². The van der Waals surface area contributed by atoms with Gasteiger partial charge >= 0.3 is 0 Å². The van der Waals surface area contributed by atoms with Crippen molar-refractivity contribution >= 4 is 45.6 Å². The molecule has 0 heterocycles. The summed E-state index contributed by atoms with van der Waals surface area (Å²) >= 11 is 0. The molecule has 0 aliphatic carbocycles. The number of aryl methyl sites for hydroxylation is 4. The Morgan fingerprint density at radius 2 is 0.483 bits per heavy atom. The van der Waals surface area contributed by atoms with E-state index in [4.69, 9.17) is 0 Å². The fraction of sp³-hybridized carbons (Fsp3) is 0.0667. The first-order valence-corrected chi connectivity index (χ1v) is 20.8. The van der Waals surface area contributed by atoms with Gasteiger partial charge in [-0.3, -0.25) is 0 Å². The predicted molar refractivity (Wildman–Crippen MR) is 260 cm³/mol. The molecule has 0 saturated heterocycles. The van der Waals surface area contributed by atoms with E-state index in [-0.39, 0.29) is 0 Å². The minimum Gasteiger partial charge on any atom is -0.0622 e. The maximum Gasteiger partial charge on any atom is -0.00141 e. The van der Waals surface area contributed by atoms with Gasteiger partial charge in [-0.2, -0.15) is 0 Å². The van der Waals surface area contributed by atoms with Crippen LogP contribution in [0, 0.1) is 27.7 Å². The van der Waals surface area contributed by atoms with Gasteiger partial charge in [-0.15, -0.1) is 0 Å². The Balaban J connectivity index is 1.65. The van der Waals surface area contributed by atoms with Gasteiger partial charge in [-0.25, -0.2) is 0 Å². The smallest absolute Gasteiger partial charge is 0.00141 e. The fourth-order valence-corrected chi connectivity index (χ4v) is 7.84. The fourth-order valence-electron chi connectivity index (χ4n) is 7.84. The minimum absolute atomic E-state index is 1.13. The molecule has 0 spiro atoms. The standard InChI is InChI=1S/C60H50/c1-43-25-33-48(34-26-43)42-55(49-19-11-6-12-20-49)58(53-37-29-45(3)30-38-53)59(52-23-15-8-16-24-52)60(54-39-31-46(4)32-40-54)57(51-21-13-7-14-22-51)56(41-47-17-9-5-10-18-47)50-35-27-44(2)28-36-50/h5-42H,1-4H3/b55-42+,56-41+,59-58+,60-57+. The summed E-state index contributed by atoms with van der Waals surface area (Å²) in [4.78, 5) is 0. The lowest BCUT2D eigenvalue weighted by molar-refractivity contribution is 1.44. The van der Waals surface area contributed by atoms with E-state index in [0.717, 1.165) is 77.9 Å². The molecule has 0 fully saturated rings. The van der Waals surface area contributed by atoms with E-state index < -0.39 is 0 Å². The van der Waals surface area contributed by atoms with Gasteiger partial charge in [0.15, 0.2) is 0 Å². The lowest BCUT2D eigenvalue weighted by atomic mass is 9.76. The molecule has 0 aromatic heterocycles. The van der Waals surface area contributed by atoms with Gasteiger partial charge in [0, 0.05) is 0 Å². The van der Waals surface area contributed by atoms with Crippen molar-refractivity contribution in [3.05, 3.63) is 285 Å². The monoisotopic (exact) mass is 770 g/mol. The van der Waals surface area contributed by atoms with Crippen molar-refractivity contribution in [2.45, 2.75) is 27.7 Å². The van der Waals surface area contributed by atoms with Gasteiger partial charge in [0.2, 0.25) is 0 Å². The minimum atomic E-state index is 1.13. The van der Waals surface area contributed by atoms with Gasteiger partial charge in [0.1, 0.15) is 0 Å². The topological polar surface area (TPSA) is 0 Å². The zero-order chi connectivity index (χ0) is 41.3. The Morgan fingerprint density at radius 3 is 0.883 bits per heavy atom. The van der Waals surface area contributed by atoms with Crippen LogP contribution in [0.4, 0.5) is 0 Å². The van der Waals surface area contributed by atoms with Gasteiger partial charge in [-0.1, -0.05) is 241 Å². The molecule has 0 bridgehead atoms. The van der Waals surface area contributed by atoms with Gasteiger partial charge in [0.25, 0.3) is 0 Å². The van der Waals surface area contributed by atoms with E-state index in [9.17, 15) is 0 Å². The van der Waals surface area contributed by atoms with Crippen molar-refractivity contribution < 1.29 is 0 Å². The highest BCUT2D eigenvalue weighted by molar-refractivity contribution is 6.35. The molecule has 0 amide bonds. The van der Waals surface area contributed by atoms with Gasteiger partial charge in [0.05, 0.1) is 0 Å². The third kappa shape index (κ3) is 9.20. The van der Waals surface area contributed by atoms with E-state index in [1.54, 1.807) is 0 Å². The summed E-state index contributed by atoms with van der Waals surface area (Å²) in [6, 6.07) is 79.7. The number of rotatable bonds is 11. The highest BCUT2D eigenvalue weighted by Gasteiger charge is 2.27. The Morgan fingerprint density at radius 1 is 0.233 bits per heavy atom. The molecule has 0 unspecified atom stereocenters. The third-order valence-electron chi connectivity index (χ3n) is 11.0. The second-order valence-corrected chi connectivity index (χ2v) is 15.6. The van der Waals surface area contributed by atoms with Gasteiger partial charge in [-0.05, 0) is 118 Å². The van der Waals surface area contributed by atoms with E-state index >= 15 is 0 Å². The predicted octanol–water partition coefficient (Wildman–Crippen LogP) is 15.9. The SMILES string of the molecule is Cc1ccc(/C=C(/C(=C(/C(=C(/C(=C/c2ccccc2)c2ccc(C)cc2)c2ccccc2)c2ccc(C)cc2)c2ccccc2)c2ccc(C)cc2)c2ccccc2)cc1. The average Bonchev–Trinajstić information content (AvgIpc) is 3.29. The summed E-state index contributed by atoms with van der Waals surface area (Å²) in [5, 5.41) is 0. The van der Waals surface area contributed by atoms with Gasteiger partial charge < -0.3 is 0 Å². The molecule has 60 heavy (non-hydrogen) atoms. The Labute approximate surface area is 356 Å². The molecule has 0 radical (unpaired) electrons. The largest absolute Gasteiger partial charge is 0.0622 e. The maximum absolute atomic E-state index is 2.38. The summed E-state index contributed by atoms with van der Waals surface area (Å²) in [5.41, 5.74) is 20.9. The quantitative estimate of drug-likeness (QED) is 0.0908. The molecular weight excluding hydrogens is 721 g/mol. The van der Waals surface area contributed by atoms with E-state index in [2.05, 4.69) is 258 Å². The van der Waals surface area contributed by atoms with Crippen molar-refractivity contribution in [1.82, 2.24) is 0 Å². The lowest BCUT2D eigenvalue weighted by Crippen LogP contribution is -2.04. The molecular formula is C60H50. The molecule has 8 aromatic carbocycles. The van der Waals surface area contributed by atoms with Crippen LogP contribution in [0.15, 0.2) is 218 Å². The van der Waals surface area contributed by atoms with E-state index in [0.29, 0.717) is 0 Å². The van der Waals surface area contributed by atoms with Crippen LogP contribution in [0.5, 0.6) is 0 Å². The summed E-state index contributed by atoms with van der Waals surface area (Å²) in [6.07, 6.45) is 4.75. The van der Waals surface area contributed by atoms with Crippen LogP contribution in [0.25, 0.3) is 45.6 Å². The van der Waals surface area contributed by atoms with Crippen molar-refractivity contribution in [3.8, 4) is 0 Å². The van der Waals surface area contributed by atoms with Crippen molar-refractivity contribution in [3.63, 3.8) is 0 Å². The number of hydrogen-bond donors (Lipinski definition) is 0. The molecule has 0 aliphatic heterocycles. The van der Waals surface area contributed by atoms with Crippen molar-refractivity contribution in [2.75, 3.05) is 0 Å². The first-order valence-electron chi connectivity index (χ1n) is 20.8. The van der Waals surface area contributed by atoms with Crippen LogP contribution in [0.2, 0.25) is 0 Å². The molecule has 290 valence electrons. The molecule has 0 atom stereocenters. The molecule has 0 heteroatoms. The van der Waals surface area contributed by atoms with Crippen LogP contribution in [-0.2, 0) is 0 Å². The highest BCUT2D eigenvalue weighted by atomic mass is 14.3. The number of allylic oxidation sites excluding steroid dienone is 6. The summed E-state index contributed by atoms with van der Waals surface area (Å²) in [5.74, 6) is 0. The maximum atomic E-state index is 2.38. The van der Waals surface area contributed by atoms with Crippen molar-refractivity contribution in [1.29, 1.82) is 0 Å². The summed E-state index contributed by atoms with van der Waals surface area (Å²) in [7, 11) is 0. The van der Waals surface area contributed by atoms with Crippen LogP contribution in [-0.4, -0.2) is 0 Å². The summed E-state index contributed by atoms with van der Waals surface area (Å²) in [6.45, 7) is 8.64. The second-order valence-electron chi connectivity index (χ2n) is 15.6. The molecule has 0 aliphatic rings. The first-order chi connectivity index (χ1) is 29.4. The highest BCUT2D eigenvalue weighted by Crippen LogP contribution is 2.50. The van der Waals surface area contributed by atoms with Crippen LogP contribution in [0.1, 0.15) is 66.8 Å². The van der Waals surface area contributed by atoms with E-state index in [1.807, 2.05) is 0 Å². The molecule has 8 aromatic rings. The number of benzene rings is 8. The first kappa shape index (κ1) is 39.5. The second kappa shape index (κ2) is 18.5. The third-order valence-corrected chi connectivity index (χ3v) is 11.0. The summed E-state index contributed by atoms with van der Waals surface area (Å²) < 4.78 is 0. The molecule has 0 nitrogen and oxygen atoms in total. The normalized spacial score (nSPS) is 12.7. The van der Waals surface area contributed by atoms with Crippen molar-refractivity contribution in [2.24, 2.45) is 0 Å². The van der Waals surface area contributed by atoms with Crippen LogP contribution >= 0.6 is 0 Å². The number of hydrogen-bond acceptors (Lipinski definition) is 0. The van der Waals surface area contributed by atoms with E-state index in [1.165, 1.54) is 22.3 Å². The zero-order valence-electron chi connectivity index (χ0n) is 34.9. The Hall–Kier alpha value is -7.28. The molecule has 0 saturated carbocycles. The molecule has 8 rings (SSSR count). The Bertz CT molecular complexity index is 2780. The average molecular weight is 771 g/mol. The van der Waals surface area contributed by atoms with Crippen LogP contribution in [0.3, 0.4) is 0 Å². The zero-order valence-corrected chi connectivity index (χ0v) is 34.9. The molecule has 0 N–H and O–H groups in total. The lowest BCUT2D eigenvalue weighted by Gasteiger charge is -2.27.